The number of hydrogen-bond acceptors (Lipinski definition) is 2. The summed E-state index contributed by atoms with van der Waals surface area (Å²) in [5, 5.41) is 3.03. The summed E-state index contributed by atoms with van der Waals surface area (Å²) in [6.45, 7) is 2.11. The van der Waals surface area contributed by atoms with E-state index in [-0.39, 0.29) is 5.91 Å². The smallest absolute Gasteiger partial charge is 0.250 e. The third kappa shape index (κ3) is 2.05. The second-order valence-corrected chi connectivity index (χ2v) is 3.20. The highest BCUT2D eigenvalue weighted by Gasteiger charge is 2.09. The molecule has 0 spiro atoms. The van der Waals surface area contributed by atoms with Crippen molar-refractivity contribution in [1.29, 1.82) is 0 Å². The van der Waals surface area contributed by atoms with E-state index in [2.05, 4.69) is 12.2 Å². The van der Waals surface area contributed by atoms with Crippen LogP contribution >= 0.6 is 0 Å². The van der Waals surface area contributed by atoms with Crippen molar-refractivity contribution in [3.63, 3.8) is 0 Å². The minimum atomic E-state index is -0.382. The Bertz CT molecular complexity index is 334. The van der Waals surface area contributed by atoms with Crippen LogP contribution in [0.25, 0.3) is 0 Å². The van der Waals surface area contributed by atoms with Crippen molar-refractivity contribution in [2.75, 3.05) is 12.4 Å². The monoisotopic (exact) mass is 192 g/mol. The van der Waals surface area contributed by atoms with Crippen LogP contribution < -0.4 is 11.1 Å². The Morgan fingerprint density at radius 2 is 2.21 bits per heavy atom. The SMILES string of the molecule is CCCc1cccc(C(N)=O)c1NC. The molecule has 14 heavy (non-hydrogen) atoms. The van der Waals surface area contributed by atoms with Crippen LogP contribution in [0.4, 0.5) is 5.69 Å². The van der Waals surface area contributed by atoms with E-state index < -0.39 is 0 Å². The summed E-state index contributed by atoms with van der Waals surface area (Å²) in [5.41, 5.74) is 7.85. The quantitative estimate of drug-likeness (QED) is 0.764. The molecule has 0 aliphatic rings. The maximum atomic E-state index is 11.1. The van der Waals surface area contributed by atoms with Crippen molar-refractivity contribution in [3.8, 4) is 0 Å². The van der Waals surface area contributed by atoms with Crippen LogP contribution in [0.2, 0.25) is 0 Å². The number of aryl methyl sites for hydroxylation is 1. The van der Waals surface area contributed by atoms with Gasteiger partial charge in [0, 0.05) is 12.7 Å². The molecule has 3 heteroatoms. The van der Waals surface area contributed by atoms with Gasteiger partial charge in [-0.25, -0.2) is 0 Å². The number of nitrogens with one attached hydrogen (secondary N) is 1. The number of primary amides is 1. The summed E-state index contributed by atoms with van der Waals surface area (Å²) in [6.07, 6.45) is 2.01. The van der Waals surface area contributed by atoms with E-state index in [1.54, 1.807) is 13.1 Å². The molecular formula is C11H16N2O. The van der Waals surface area contributed by atoms with Crippen LogP contribution in [0, 0.1) is 0 Å². The van der Waals surface area contributed by atoms with E-state index in [1.165, 1.54) is 0 Å². The van der Waals surface area contributed by atoms with E-state index in [9.17, 15) is 4.79 Å². The Kier molecular flexibility index (Phi) is 3.51. The average Bonchev–Trinajstić information content (AvgIpc) is 2.18. The molecule has 0 aliphatic carbocycles. The van der Waals surface area contributed by atoms with Gasteiger partial charge in [0.2, 0.25) is 0 Å². The number of nitrogens with two attached hydrogens (primary N) is 1. The molecule has 1 rings (SSSR count). The second kappa shape index (κ2) is 4.65. The largest absolute Gasteiger partial charge is 0.387 e. The first kappa shape index (κ1) is 10.6. The van der Waals surface area contributed by atoms with Gasteiger partial charge in [-0.15, -0.1) is 0 Å². The molecule has 76 valence electrons. The Hall–Kier alpha value is -1.51. The standard InChI is InChI=1S/C11H16N2O/c1-3-5-8-6-4-7-9(11(12)14)10(8)13-2/h4,6-7,13H,3,5H2,1-2H3,(H2,12,14). The number of amides is 1. The third-order valence-corrected chi connectivity index (χ3v) is 2.19. The summed E-state index contributed by atoms with van der Waals surface area (Å²) in [5.74, 6) is -0.382. The van der Waals surface area contributed by atoms with Gasteiger partial charge in [-0.1, -0.05) is 25.5 Å². The number of benzene rings is 1. The molecule has 0 unspecified atom stereocenters. The molecule has 0 saturated heterocycles. The van der Waals surface area contributed by atoms with Crippen LogP contribution in [0.5, 0.6) is 0 Å². The first-order valence-electron chi connectivity index (χ1n) is 4.80. The number of anilines is 1. The highest BCUT2D eigenvalue weighted by atomic mass is 16.1. The summed E-state index contributed by atoms with van der Waals surface area (Å²) in [4.78, 5) is 11.1. The Balaban J connectivity index is 3.17. The molecule has 0 saturated carbocycles. The van der Waals surface area contributed by atoms with Crippen molar-refractivity contribution in [2.45, 2.75) is 19.8 Å². The van der Waals surface area contributed by atoms with Crippen LogP contribution in [0.3, 0.4) is 0 Å². The molecular weight excluding hydrogens is 176 g/mol. The lowest BCUT2D eigenvalue weighted by molar-refractivity contribution is 0.100. The summed E-state index contributed by atoms with van der Waals surface area (Å²) >= 11 is 0. The van der Waals surface area contributed by atoms with E-state index >= 15 is 0 Å². The third-order valence-electron chi connectivity index (χ3n) is 2.19. The fraction of sp³-hybridized carbons (Fsp3) is 0.364. The zero-order chi connectivity index (χ0) is 10.6. The van der Waals surface area contributed by atoms with E-state index in [0.29, 0.717) is 5.56 Å². The van der Waals surface area contributed by atoms with Crippen molar-refractivity contribution in [3.05, 3.63) is 29.3 Å². The van der Waals surface area contributed by atoms with Gasteiger partial charge < -0.3 is 11.1 Å². The summed E-state index contributed by atoms with van der Waals surface area (Å²) < 4.78 is 0. The molecule has 0 aromatic heterocycles. The molecule has 0 fully saturated rings. The molecule has 1 aromatic rings. The van der Waals surface area contributed by atoms with Crippen molar-refractivity contribution in [1.82, 2.24) is 0 Å². The van der Waals surface area contributed by atoms with Crippen LogP contribution in [-0.2, 0) is 6.42 Å². The van der Waals surface area contributed by atoms with E-state index in [0.717, 1.165) is 24.1 Å². The lowest BCUT2D eigenvalue weighted by Crippen LogP contribution is -2.14. The summed E-state index contributed by atoms with van der Waals surface area (Å²) in [6, 6.07) is 5.63. The van der Waals surface area contributed by atoms with Gasteiger partial charge in [0.15, 0.2) is 0 Å². The Morgan fingerprint density at radius 1 is 1.50 bits per heavy atom. The molecule has 3 N–H and O–H groups in total. The topological polar surface area (TPSA) is 55.1 Å². The number of hydrogen-bond donors (Lipinski definition) is 2. The lowest BCUT2D eigenvalue weighted by atomic mass is 10.0. The molecule has 0 heterocycles. The van der Waals surface area contributed by atoms with Crippen molar-refractivity contribution in [2.24, 2.45) is 5.73 Å². The van der Waals surface area contributed by atoms with Gasteiger partial charge in [-0.2, -0.15) is 0 Å². The number of rotatable bonds is 4. The van der Waals surface area contributed by atoms with Gasteiger partial charge in [-0.05, 0) is 18.1 Å². The highest BCUT2D eigenvalue weighted by molar-refractivity contribution is 5.99. The van der Waals surface area contributed by atoms with Crippen LogP contribution in [0.1, 0.15) is 29.3 Å². The number of carbonyl (C=O) groups excluding carboxylic acids is 1. The minimum absolute atomic E-state index is 0.382. The minimum Gasteiger partial charge on any atom is -0.387 e. The van der Waals surface area contributed by atoms with E-state index in [4.69, 9.17) is 5.73 Å². The molecule has 3 nitrogen and oxygen atoms in total. The fourth-order valence-electron chi connectivity index (χ4n) is 1.58. The zero-order valence-corrected chi connectivity index (χ0v) is 8.63. The average molecular weight is 192 g/mol. The highest BCUT2D eigenvalue weighted by Crippen LogP contribution is 2.21. The fourth-order valence-corrected chi connectivity index (χ4v) is 1.58. The molecule has 0 atom stereocenters. The maximum Gasteiger partial charge on any atom is 0.250 e. The molecule has 1 aromatic carbocycles. The number of para-hydroxylation sites is 1. The van der Waals surface area contributed by atoms with Gasteiger partial charge in [-0.3, -0.25) is 4.79 Å². The van der Waals surface area contributed by atoms with Gasteiger partial charge in [0.1, 0.15) is 0 Å². The predicted molar refractivity (Wildman–Crippen MR) is 58.5 cm³/mol. The molecule has 0 radical (unpaired) electrons. The zero-order valence-electron chi connectivity index (χ0n) is 8.63. The molecule has 0 bridgehead atoms. The van der Waals surface area contributed by atoms with Gasteiger partial charge in [0.25, 0.3) is 5.91 Å². The second-order valence-electron chi connectivity index (χ2n) is 3.20. The van der Waals surface area contributed by atoms with Crippen molar-refractivity contribution >= 4 is 11.6 Å². The molecule has 1 amide bonds. The Morgan fingerprint density at radius 3 is 2.71 bits per heavy atom. The normalized spacial score (nSPS) is 9.86. The van der Waals surface area contributed by atoms with Crippen LogP contribution in [0.15, 0.2) is 18.2 Å². The number of carbonyl (C=O) groups is 1. The first-order valence-corrected chi connectivity index (χ1v) is 4.80. The Labute approximate surface area is 84.3 Å². The van der Waals surface area contributed by atoms with Crippen LogP contribution in [-0.4, -0.2) is 13.0 Å². The maximum absolute atomic E-state index is 11.1. The molecule has 0 aliphatic heterocycles. The van der Waals surface area contributed by atoms with E-state index in [1.807, 2.05) is 12.1 Å². The van der Waals surface area contributed by atoms with Crippen molar-refractivity contribution < 1.29 is 4.79 Å². The lowest BCUT2D eigenvalue weighted by Gasteiger charge is -2.11. The van der Waals surface area contributed by atoms with Gasteiger partial charge >= 0.3 is 0 Å². The first-order chi connectivity index (χ1) is 6.70. The predicted octanol–water partition coefficient (Wildman–Crippen LogP) is 1.78. The van der Waals surface area contributed by atoms with Gasteiger partial charge in [0.05, 0.1) is 5.56 Å². The summed E-state index contributed by atoms with van der Waals surface area (Å²) in [7, 11) is 1.81.